The summed E-state index contributed by atoms with van der Waals surface area (Å²) in [5, 5.41) is 3.15. The van der Waals surface area contributed by atoms with Crippen molar-refractivity contribution in [2.24, 2.45) is 0 Å². The predicted molar refractivity (Wildman–Crippen MR) is 77.2 cm³/mol. The van der Waals surface area contributed by atoms with E-state index in [1.807, 2.05) is 5.38 Å². The minimum atomic E-state index is -0.413. The predicted octanol–water partition coefficient (Wildman–Crippen LogP) is 2.46. The van der Waals surface area contributed by atoms with Crippen molar-refractivity contribution in [3.63, 3.8) is 0 Å². The first kappa shape index (κ1) is 13.3. The lowest BCUT2D eigenvalue weighted by Gasteiger charge is -2.22. The number of carbonyl (C=O) groups excluding carboxylic acids is 1. The average molecular weight is 310 g/mol. The Bertz CT molecular complexity index is 683. The van der Waals surface area contributed by atoms with Gasteiger partial charge < -0.3 is 9.88 Å². The zero-order chi connectivity index (χ0) is 14.1. The van der Waals surface area contributed by atoms with E-state index in [1.165, 1.54) is 23.6 Å². The lowest BCUT2D eigenvalue weighted by Crippen LogP contribution is -2.34. The van der Waals surface area contributed by atoms with Gasteiger partial charge in [0, 0.05) is 24.3 Å². The van der Waals surface area contributed by atoms with Gasteiger partial charge in [-0.1, -0.05) is 11.6 Å². The van der Waals surface area contributed by atoms with Crippen molar-refractivity contribution in [1.29, 1.82) is 0 Å². The van der Waals surface area contributed by atoms with Crippen molar-refractivity contribution in [1.82, 2.24) is 14.9 Å². The fourth-order valence-electron chi connectivity index (χ4n) is 2.44. The number of thiazole rings is 1. The van der Waals surface area contributed by atoms with Gasteiger partial charge in [0.1, 0.15) is 10.6 Å². The first-order chi connectivity index (χ1) is 9.66. The molecule has 1 fully saturated rings. The number of aromatic amines is 1. The van der Waals surface area contributed by atoms with E-state index in [-0.39, 0.29) is 17.5 Å². The van der Waals surface area contributed by atoms with E-state index < -0.39 is 5.56 Å². The Morgan fingerprint density at radius 2 is 2.40 bits per heavy atom. The van der Waals surface area contributed by atoms with Crippen LogP contribution in [0, 0.1) is 0 Å². The summed E-state index contributed by atoms with van der Waals surface area (Å²) >= 11 is 7.38. The summed E-state index contributed by atoms with van der Waals surface area (Å²) in [6.45, 7) is 0.634. The summed E-state index contributed by atoms with van der Waals surface area (Å²) < 4.78 is 0. The number of hydrogen-bond donors (Lipinski definition) is 1. The van der Waals surface area contributed by atoms with Crippen LogP contribution in [0.3, 0.4) is 0 Å². The number of rotatable bonds is 2. The molecule has 1 atom stereocenters. The van der Waals surface area contributed by atoms with Crippen LogP contribution in [0.2, 0.25) is 5.02 Å². The molecule has 2 aromatic rings. The first-order valence-electron chi connectivity index (χ1n) is 6.25. The summed E-state index contributed by atoms with van der Waals surface area (Å²) in [5.74, 6) is -0.286. The van der Waals surface area contributed by atoms with E-state index >= 15 is 0 Å². The first-order valence-corrected chi connectivity index (χ1v) is 7.51. The van der Waals surface area contributed by atoms with Gasteiger partial charge in [0.2, 0.25) is 0 Å². The van der Waals surface area contributed by atoms with Gasteiger partial charge in [-0.3, -0.25) is 9.59 Å². The van der Waals surface area contributed by atoms with Crippen molar-refractivity contribution >= 4 is 28.8 Å². The molecule has 20 heavy (non-hydrogen) atoms. The molecule has 1 N–H and O–H groups in total. The van der Waals surface area contributed by atoms with Crippen molar-refractivity contribution in [3.8, 4) is 0 Å². The second-order valence-corrected chi connectivity index (χ2v) is 5.95. The van der Waals surface area contributed by atoms with Crippen LogP contribution in [-0.4, -0.2) is 27.3 Å². The molecule has 0 radical (unpaired) electrons. The molecular formula is C13H12ClN3O2S. The highest BCUT2D eigenvalue weighted by Gasteiger charge is 2.33. The number of halogens is 1. The number of likely N-dealkylation sites (tertiary alicyclic amines) is 1. The highest BCUT2D eigenvalue weighted by Crippen LogP contribution is 2.33. The van der Waals surface area contributed by atoms with E-state index in [0.717, 1.165) is 17.8 Å². The Hall–Kier alpha value is -1.66. The summed E-state index contributed by atoms with van der Waals surface area (Å²) in [7, 11) is 0. The van der Waals surface area contributed by atoms with Gasteiger partial charge in [-0.15, -0.1) is 11.3 Å². The van der Waals surface area contributed by atoms with Crippen molar-refractivity contribution in [3.05, 3.63) is 49.8 Å². The molecular weight excluding hydrogens is 298 g/mol. The molecule has 0 saturated carbocycles. The number of H-pyrrole nitrogens is 1. The van der Waals surface area contributed by atoms with Crippen LogP contribution in [0.25, 0.3) is 0 Å². The third-order valence-electron chi connectivity index (χ3n) is 3.35. The topological polar surface area (TPSA) is 66.1 Å². The molecule has 7 heteroatoms. The Balaban J connectivity index is 1.93. The van der Waals surface area contributed by atoms with Gasteiger partial charge in [0.05, 0.1) is 11.1 Å². The zero-order valence-electron chi connectivity index (χ0n) is 10.5. The SMILES string of the molecule is O=C(c1cc(Cl)c[nH]c1=O)N1CCC[C@@H]1c1nccs1. The maximum atomic E-state index is 12.5. The molecule has 2 aromatic heterocycles. The second-order valence-electron chi connectivity index (χ2n) is 4.59. The molecule has 104 valence electrons. The van der Waals surface area contributed by atoms with E-state index in [1.54, 1.807) is 11.1 Å². The molecule has 1 aliphatic heterocycles. The third kappa shape index (κ3) is 2.36. The number of aromatic nitrogens is 2. The number of amides is 1. The van der Waals surface area contributed by atoms with Crippen LogP contribution in [0.4, 0.5) is 0 Å². The number of pyridine rings is 1. The number of nitrogens with zero attached hydrogens (tertiary/aromatic N) is 2. The maximum Gasteiger partial charge on any atom is 0.260 e. The lowest BCUT2D eigenvalue weighted by atomic mass is 10.2. The molecule has 3 heterocycles. The molecule has 0 bridgehead atoms. The number of carbonyl (C=O) groups is 1. The van der Waals surface area contributed by atoms with Crippen LogP contribution in [0.1, 0.15) is 34.2 Å². The number of hydrogen-bond acceptors (Lipinski definition) is 4. The van der Waals surface area contributed by atoms with Gasteiger partial charge in [-0.25, -0.2) is 4.98 Å². The smallest absolute Gasteiger partial charge is 0.260 e. The fourth-order valence-corrected chi connectivity index (χ4v) is 3.39. The third-order valence-corrected chi connectivity index (χ3v) is 4.44. The Morgan fingerprint density at radius 3 is 3.15 bits per heavy atom. The largest absolute Gasteiger partial charge is 0.329 e. The maximum absolute atomic E-state index is 12.5. The van der Waals surface area contributed by atoms with E-state index in [0.29, 0.717) is 11.6 Å². The molecule has 5 nitrogen and oxygen atoms in total. The molecule has 0 spiro atoms. The summed E-state index contributed by atoms with van der Waals surface area (Å²) in [6, 6.07) is 1.38. The molecule has 3 rings (SSSR count). The van der Waals surface area contributed by atoms with Gasteiger partial charge in [-0.2, -0.15) is 0 Å². The minimum Gasteiger partial charge on any atom is -0.329 e. The van der Waals surface area contributed by atoms with E-state index in [2.05, 4.69) is 9.97 Å². The van der Waals surface area contributed by atoms with Crippen LogP contribution in [0.15, 0.2) is 28.6 Å². The molecule has 1 amide bonds. The normalized spacial score (nSPS) is 18.4. The van der Waals surface area contributed by atoms with Gasteiger partial charge in [-0.05, 0) is 18.9 Å². The average Bonchev–Trinajstić information content (AvgIpc) is 3.10. The summed E-state index contributed by atoms with van der Waals surface area (Å²) in [5.41, 5.74) is -0.329. The van der Waals surface area contributed by atoms with Gasteiger partial charge >= 0.3 is 0 Å². The number of nitrogens with one attached hydrogen (secondary N) is 1. The quantitative estimate of drug-likeness (QED) is 0.926. The van der Waals surface area contributed by atoms with E-state index in [4.69, 9.17) is 11.6 Å². The second kappa shape index (κ2) is 5.38. The Morgan fingerprint density at radius 1 is 1.55 bits per heavy atom. The summed E-state index contributed by atoms with van der Waals surface area (Å²) in [6.07, 6.45) is 4.89. The van der Waals surface area contributed by atoms with Crippen LogP contribution < -0.4 is 5.56 Å². The van der Waals surface area contributed by atoms with Gasteiger partial charge in [0.15, 0.2) is 0 Å². The highest BCUT2D eigenvalue weighted by molar-refractivity contribution is 7.09. The van der Waals surface area contributed by atoms with Crippen LogP contribution >= 0.6 is 22.9 Å². The lowest BCUT2D eigenvalue weighted by molar-refractivity contribution is 0.0733. The van der Waals surface area contributed by atoms with Crippen molar-refractivity contribution < 1.29 is 4.79 Å². The van der Waals surface area contributed by atoms with E-state index in [9.17, 15) is 9.59 Å². The highest BCUT2D eigenvalue weighted by atomic mass is 35.5. The molecule has 0 aliphatic carbocycles. The van der Waals surface area contributed by atoms with Crippen molar-refractivity contribution in [2.45, 2.75) is 18.9 Å². The monoisotopic (exact) mass is 309 g/mol. The van der Waals surface area contributed by atoms with Crippen LogP contribution in [0.5, 0.6) is 0 Å². The zero-order valence-corrected chi connectivity index (χ0v) is 12.1. The standard InChI is InChI=1S/C13H12ClN3O2S/c14-8-6-9(11(18)16-7-8)13(19)17-4-1-2-10(17)12-15-3-5-20-12/h3,5-7,10H,1-2,4H2,(H,16,18)/t10-/m1/s1. The summed E-state index contributed by atoms with van der Waals surface area (Å²) in [4.78, 5) is 32.8. The van der Waals surface area contributed by atoms with Gasteiger partial charge in [0.25, 0.3) is 11.5 Å². The molecule has 1 saturated heterocycles. The Kier molecular flexibility index (Phi) is 3.58. The van der Waals surface area contributed by atoms with Crippen LogP contribution in [-0.2, 0) is 0 Å². The molecule has 0 unspecified atom stereocenters. The minimum absolute atomic E-state index is 0.0409. The Labute approximate surface area is 124 Å². The fraction of sp³-hybridized carbons (Fsp3) is 0.308. The molecule has 0 aromatic carbocycles. The molecule has 1 aliphatic rings. The van der Waals surface area contributed by atoms with Crippen molar-refractivity contribution in [2.75, 3.05) is 6.54 Å².